The van der Waals surface area contributed by atoms with Gasteiger partial charge in [0.2, 0.25) is 0 Å². The van der Waals surface area contributed by atoms with Crippen LogP contribution in [0.5, 0.6) is 11.5 Å². The fraction of sp³-hybridized carbons (Fsp3) is 0.333. The van der Waals surface area contributed by atoms with Crippen LogP contribution in [0.3, 0.4) is 0 Å². The molecule has 6 heteroatoms. The molecule has 3 rings (SSSR count). The van der Waals surface area contributed by atoms with Crippen molar-refractivity contribution in [1.29, 1.82) is 5.26 Å². The minimum absolute atomic E-state index is 0.0535. The molecule has 0 unspecified atom stereocenters. The maximum absolute atomic E-state index is 13.3. The molecule has 1 aliphatic carbocycles. The summed E-state index contributed by atoms with van der Waals surface area (Å²) in [6.07, 6.45) is 5.66. The van der Waals surface area contributed by atoms with Crippen LogP contribution in [0.15, 0.2) is 48.0 Å². The van der Waals surface area contributed by atoms with Gasteiger partial charge in [-0.05, 0) is 61.2 Å². The maximum atomic E-state index is 13.3. The van der Waals surface area contributed by atoms with Gasteiger partial charge in [-0.15, -0.1) is 0 Å². The van der Waals surface area contributed by atoms with E-state index < -0.39 is 0 Å². The molecule has 1 aliphatic rings. The summed E-state index contributed by atoms with van der Waals surface area (Å²) in [6.45, 7) is 2.48. The summed E-state index contributed by atoms with van der Waals surface area (Å²) in [7, 11) is 0. The Kier molecular flexibility index (Phi) is 7.45. The lowest BCUT2D eigenvalue weighted by Crippen LogP contribution is -2.33. The van der Waals surface area contributed by atoms with Gasteiger partial charge in [-0.3, -0.25) is 4.79 Å². The number of nitrogens with zero attached hydrogens (tertiary/aromatic N) is 1. The number of benzene rings is 2. The lowest BCUT2D eigenvalue weighted by atomic mass is 10.1. The summed E-state index contributed by atoms with van der Waals surface area (Å²) >= 11 is 0. The predicted octanol–water partition coefficient (Wildman–Crippen LogP) is 4.77. The number of nitrogens with one attached hydrogen (secondary N) is 1. The Labute approximate surface area is 176 Å². The lowest BCUT2D eigenvalue weighted by molar-refractivity contribution is -0.117. The minimum atomic E-state index is -0.353. The van der Waals surface area contributed by atoms with Crippen LogP contribution in [0.4, 0.5) is 4.39 Å². The Morgan fingerprint density at radius 3 is 2.70 bits per heavy atom. The van der Waals surface area contributed by atoms with Gasteiger partial charge in [0.15, 0.2) is 11.5 Å². The van der Waals surface area contributed by atoms with Crippen molar-refractivity contribution in [2.45, 2.75) is 45.3 Å². The van der Waals surface area contributed by atoms with E-state index in [4.69, 9.17) is 9.47 Å². The fourth-order valence-corrected chi connectivity index (χ4v) is 3.44. The molecule has 0 radical (unpaired) electrons. The highest BCUT2D eigenvalue weighted by molar-refractivity contribution is 6.01. The second-order valence-electron chi connectivity index (χ2n) is 7.18. The van der Waals surface area contributed by atoms with Crippen molar-refractivity contribution in [3.05, 3.63) is 65.0 Å². The second-order valence-corrected chi connectivity index (χ2v) is 7.18. The van der Waals surface area contributed by atoms with Gasteiger partial charge >= 0.3 is 0 Å². The highest BCUT2D eigenvalue weighted by atomic mass is 19.1. The average molecular weight is 408 g/mol. The van der Waals surface area contributed by atoms with Crippen LogP contribution in [0.2, 0.25) is 0 Å². The molecular formula is C24H25FN2O3. The number of rotatable bonds is 8. The molecule has 1 saturated carbocycles. The van der Waals surface area contributed by atoms with E-state index in [1.54, 1.807) is 36.4 Å². The number of amides is 1. The predicted molar refractivity (Wildman–Crippen MR) is 112 cm³/mol. The number of carbonyl (C=O) groups is 1. The van der Waals surface area contributed by atoms with Gasteiger partial charge in [0, 0.05) is 6.04 Å². The number of hydrogen-bond acceptors (Lipinski definition) is 4. The summed E-state index contributed by atoms with van der Waals surface area (Å²) in [5, 5.41) is 12.4. The molecule has 30 heavy (non-hydrogen) atoms. The van der Waals surface area contributed by atoms with Crippen LogP contribution in [0.1, 0.15) is 43.7 Å². The van der Waals surface area contributed by atoms with E-state index in [2.05, 4.69) is 5.32 Å². The number of nitriles is 1. The third-order valence-corrected chi connectivity index (χ3v) is 4.92. The molecule has 0 heterocycles. The Hall–Kier alpha value is -3.33. The molecule has 0 spiro atoms. The third-order valence-electron chi connectivity index (χ3n) is 4.92. The van der Waals surface area contributed by atoms with Crippen LogP contribution in [0, 0.1) is 17.1 Å². The topological polar surface area (TPSA) is 71.3 Å². The fourth-order valence-electron chi connectivity index (χ4n) is 3.44. The van der Waals surface area contributed by atoms with Crippen molar-refractivity contribution in [3.63, 3.8) is 0 Å². The molecular weight excluding hydrogens is 383 g/mol. The summed E-state index contributed by atoms with van der Waals surface area (Å²) in [4.78, 5) is 12.4. The highest BCUT2D eigenvalue weighted by Gasteiger charge is 2.19. The van der Waals surface area contributed by atoms with Crippen LogP contribution < -0.4 is 14.8 Å². The van der Waals surface area contributed by atoms with Crippen LogP contribution >= 0.6 is 0 Å². The van der Waals surface area contributed by atoms with Gasteiger partial charge in [0.1, 0.15) is 24.1 Å². The van der Waals surface area contributed by atoms with Gasteiger partial charge in [-0.2, -0.15) is 5.26 Å². The Bertz CT molecular complexity index is 959. The summed E-state index contributed by atoms with van der Waals surface area (Å²) < 4.78 is 24.8. The first kappa shape index (κ1) is 21.4. The summed E-state index contributed by atoms with van der Waals surface area (Å²) in [5.74, 6) is 0.332. The van der Waals surface area contributed by atoms with E-state index in [-0.39, 0.29) is 29.9 Å². The van der Waals surface area contributed by atoms with Crippen molar-refractivity contribution in [3.8, 4) is 17.6 Å². The van der Waals surface area contributed by atoms with E-state index in [9.17, 15) is 14.4 Å². The monoisotopic (exact) mass is 408 g/mol. The van der Waals surface area contributed by atoms with E-state index in [0.29, 0.717) is 29.2 Å². The Morgan fingerprint density at radius 1 is 1.20 bits per heavy atom. The molecule has 1 amide bonds. The van der Waals surface area contributed by atoms with Crippen LogP contribution in [-0.2, 0) is 11.4 Å². The van der Waals surface area contributed by atoms with E-state index in [1.807, 2.05) is 13.0 Å². The zero-order valence-electron chi connectivity index (χ0n) is 17.0. The van der Waals surface area contributed by atoms with Crippen molar-refractivity contribution in [2.75, 3.05) is 6.61 Å². The van der Waals surface area contributed by atoms with Gasteiger partial charge in [0.25, 0.3) is 5.91 Å². The van der Waals surface area contributed by atoms with Crippen LogP contribution in [-0.4, -0.2) is 18.6 Å². The molecule has 0 aliphatic heterocycles. The lowest BCUT2D eigenvalue weighted by Gasteiger charge is -2.13. The Morgan fingerprint density at radius 2 is 2.00 bits per heavy atom. The average Bonchev–Trinajstić information content (AvgIpc) is 3.24. The smallest absolute Gasteiger partial charge is 0.262 e. The first-order valence-corrected chi connectivity index (χ1v) is 10.2. The second kappa shape index (κ2) is 10.4. The highest BCUT2D eigenvalue weighted by Crippen LogP contribution is 2.30. The molecule has 0 saturated heterocycles. The quantitative estimate of drug-likeness (QED) is 0.505. The van der Waals surface area contributed by atoms with E-state index in [0.717, 1.165) is 25.7 Å². The van der Waals surface area contributed by atoms with Crippen LogP contribution in [0.25, 0.3) is 6.08 Å². The van der Waals surface area contributed by atoms with E-state index in [1.165, 1.54) is 12.1 Å². The van der Waals surface area contributed by atoms with E-state index >= 15 is 0 Å². The van der Waals surface area contributed by atoms with Gasteiger partial charge < -0.3 is 14.8 Å². The molecule has 5 nitrogen and oxygen atoms in total. The zero-order valence-corrected chi connectivity index (χ0v) is 17.0. The summed E-state index contributed by atoms with van der Waals surface area (Å²) in [6, 6.07) is 13.5. The molecule has 156 valence electrons. The van der Waals surface area contributed by atoms with Crippen molar-refractivity contribution in [2.24, 2.45) is 0 Å². The summed E-state index contributed by atoms with van der Waals surface area (Å²) in [5.41, 5.74) is 1.42. The minimum Gasteiger partial charge on any atom is -0.490 e. The SMILES string of the molecule is CCOc1cc(/C=C(/C#N)C(=O)NC2CCCC2)ccc1OCc1cccc(F)c1. The molecule has 1 fully saturated rings. The molecule has 0 bridgehead atoms. The first-order chi connectivity index (χ1) is 14.6. The standard InChI is InChI=1S/C24H25FN2O3/c1-2-29-23-14-17(12-19(15-26)24(28)27-21-8-3-4-9-21)10-11-22(23)30-16-18-6-5-7-20(25)13-18/h5-7,10-14,21H,2-4,8-9,16H2,1H3,(H,27,28)/b19-12-. The molecule has 0 atom stereocenters. The van der Waals surface area contributed by atoms with Gasteiger partial charge in [-0.25, -0.2) is 4.39 Å². The molecule has 1 N–H and O–H groups in total. The molecule has 2 aromatic rings. The van der Waals surface area contributed by atoms with Gasteiger partial charge in [-0.1, -0.05) is 31.0 Å². The van der Waals surface area contributed by atoms with Crippen molar-refractivity contribution in [1.82, 2.24) is 5.32 Å². The number of hydrogen-bond donors (Lipinski definition) is 1. The Balaban J connectivity index is 1.74. The van der Waals surface area contributed by atoms with Crippen molar-refractivity contribution >= 4 is 12.0 Å². The molecule has 0 aromatic heterocycles. The normalized spacial score (nSPS) is 14.2. The number of halogens is 1. The van der Waals surface area contributed by atoms with Gasteiger partial charge in [0.05, 0.1) is 6.61 Å². The largest absolute Gasteiger partial charge is 0.490 e. The third kappa shape index (κ3) is 5.84. The number of ether oxygens (including phenoxy) is 2. The number of carbonyl (C=O) groups excluding carboxylic acids is 1. The maximum Gasteiger partial charge on any atom is 0.262 e. The molecule has 2 aromatic carbocycles. The zero-order chi connectivity index (χ0) is 21.3. The van der Waals surface area contributed by atoms with Crippen molar-refractivity contribution < 1.29 is 18.7 Å². The first-order valence-electron chi connectivity index (χ1n) is 10.2.